The van der Waals surface area contributed by atoms with Gasteiger partial charge >= 0.3 is 5.69 Å². The van der Waals surface area contributed by atoms with Crippen LogP contribution in [0.1, 0.15) is 34.1 Å². The third-order valence-electron chi connectivity index (χ3n) is 6.60. The largest absolute Gasteiger partial charge is 0.365 e. The highest BCUT2D eigenvalue weighted by Gasteiger charge is 2.34. The Morgan fingerprint density at radius 2 is 1.59 bits per heavy atom. The first-order valence-electron chi connectivity index (χ1n) is 10.9. The summed E-state index contributed by atoms with van der Waals surface area (Å²) in [5.41, 5.74) is 7.31. The van der Waals surface area contributed by atoms with E-state index in [-0.39, 0.29) is 17.4 Å². The molecule has 1 aliphatic heterocycles. The van der Waals surface area contributed by atoms with Crippen LogP contribution < -0.4 is 11.2 Å². The molecule has 2 aromatic carbocycles. The van der Waals surface area contributed by atoms with E-state index in [0.29, 0.717) is 24.1 Å². The van der Waals surface area contributed by atoms with Gasteiger partial charge in [-0.25, -0.2) is 4.79 Å². The molecular formula is C26H27N3O3. The maximum atomic E-state index is 13.4. The Morgan fingerprint density at radius 3 is 2.25 bits per heavy atom. The van der Waals surface area contributed by atoms with Gasteiger partial charge in [0.15, 0.2) is 0 Å². The Labute approximate surface area is 186 Å². The summed E-state index contributed by atoms with van der Waals surface area (Å²) in [4.78, 5) is 26.4. The Hall–Kier alpha value is -3.38. The van der Waals surface area contributed by atoms with Crippen LogP contribution in [0.4, 0.5) is 0 Å². The van der Waals surface area contributed by atoms with Crippen LogP contribution in [-0.4, -0.2) is 20.3 Å². The van der Waals surface area contributed by atoms with E-state index in [9.17, 15) is 9.59 Å². The summed E-state index contributed by atoms with van der Waals surface area (Å²) < 4.78 is 11.3. The number of nitrogens with zero attached hydrogens (tertiary/aromatic N) is 3. The van der Waals surface area contributed by atoms with Gasteiger partial charge in [0, 0.05) is 20.6 Å². The van der Waals surface area contributed by atoms with E-state index in [2.05, 4.69) is 37.5 Å². The molecule has 164 valence electrons. The molecule has 0 bridgehead atoms. The van der Waals surface area contributed by atoms with E-state index in [1.54, 1.807) is 11.6 Å². The summed E-state index contributed by atoms with van der Waals surface area (Å²) >= 11 is 0. The number of benzene rings is 2. The summed E-state index contributed by atoms with van der Waals surface area (Å²) in [5, 5.41) is 0.564. The van der Waals surface area contributed by atoms with Crippen molar-refractivity contribution in [3.05, 3.63) is 91.3 Å². The average molecular weight is 430 g/mol. The molecule has 0 saturated heterocycles. The first kappa shape index (κ1) is 20.5. The zero-order valence-electron chi connectivity index (χ0n) is 19.1. The summed E-state index contributed by atoms with van der Waals surface area (Å²) in [6.45, 7) is 7.42. The van der Waals surface area contributed by atoms with Crippen molar-refractivity contribution in [3.63, 3.8) is 0 Å². The highest BCUT2D eigenvalue weighted by molar-refractivity contribution is 5.96. The number of ether oxygens (including phenoxy) is 1. The summed E-state index contributed by atoms with van der Waals surface area (Å²) in [6, 6.07) is 14.2. The van der Waals surface area contributed by atoms with Crippen molar-refractivity contribution in [1.29, 1.82) is 0 Å². The minimum absolute atomic E-state index is 0.278. The molecule has 3 heterocycles. The lowest BCUT2D eigenvalue weighted by atomic mass is 9.93. The molecule has 0 saturated carbocycles. The number of aromatic nitrogens is 3. The van der Waals surface area contributed by atoms with Crippen molar-refractivity contribution in [3.8, 4) is 11.3 Å². The first-order valence-corrected chi connectivity index (χ1v) is 10.9. The fourth-order valence-electron chi connectivity index (χ4n) is 5.30. The van der Waals surface area contributed by atoms with Crippen LogP contribution in [0, 0.1) is 20.8 Å². The highest BCUT2D eigenvalue weighted by Crippen LogP contribution is 2.42. The smallest absolute Gasteiger partial charge is 0.331 e. The minimum atomic E-state index is -0.359. The van der Waals surface area contributed by atoms with Gasteiger partial charge in [-0.05, 0) is 43.0 Å². The molecule has 0 aliphatic carbocycles. The molecule has 6 nitrogen and oxygen atoms in total. The quantitative estimate of drug-likeness (QED) is 0.488. The molecule has 2 aromatic heterocycles. The molecule has 5 rings (SSSR count). The Bertz CT molecular complexity index is 1470. The fourth-order valence-corrected chi connectivity index (χ4v) is 5.30. The van der Waals surface area contributed by atoms with Crippen LogP contribution in [0.5, 0.6) is 0 Å². The third kappa shape index (κ3) is 2.83. The van der Waals surface area contributed by atoms with Gasteiger partial charge < -0.3 is 9.30 Å². The lowest BCUT2D eigenvalue weighted by Crippen LogP contribution is -2.37. The second kappa shape index (κ2) is 7.35. The zero-order valence-corrected chi connectivity index (χ0v) is 19.1. The minimum Gasteiger partial charge on any atom is -0.365 e. The van der Waals surface area contributed by atoms with Gasteiger partial charge in [-0.1, -0.05) is 48.0 Å². The van der Waals surface area contributed by atoms with Crippen LogP contribution >= 0.6 is 0 Å². The number of hydrogen-bond donors (Lipinski definition) is 0. The maximum Gasteiger partial charge on any atom is 0.331 e. The van der Waals surface area contributed by atoms with Gasteiger partial charge in [0.2, 0.25) is 0 Å². The number of hydrogen-bond acceptors (Lipinski definition) is 3. The molecule has 1 unspecified atom stereocenters. The third-order valence-corrected chi connectivity index (χ3v) is 6.60. The SMILES string of the molecule is Cc1cc(C)c(C2OCCn3c(-c4ccccc4)c4c(=O)n(C)c(=O)n(C)c4c32)c(C)c1. The lowest BCUT2D eigenvalue weighted by molar-refractivity contribution is 0.0471. The maximum absolute atomic E-state index is 13.4. The Kier molecular flexibility index (Phi) is 4.71. The number of rotatable bonds is 2. The van der Waals surface area contributed by atoms with Crippen molar-refractivity contribution in [2.24, 2.45) is 14.1 Å². The fraction of sp³-hybridized carbons (Fsp3) is 0.308. The van der Waals surface area contributed by atoms with Crippen molar-refractivity contribution in [2.45, 2.75) is 33.4 Å². The van der Waals surface area contributed by atoms with Crippen LogP contribution in [0.25, 0.3) is 22.2 Å². The lowest BCUT2D eigenvalue weighted by Gasteiger charge is -2.30. The first-order chi connectivity index (χ1) is 15.3. The van der Waals surface area contributed by atoms with Gasteiger partial charge in [-0.2, -0.15) is 0 Å². The van der Waals surface area contributed by atoms with Crippen LogP contribution in [-0.2, 0) is 25.4 Å². The van der Waals surface area contributed by atoms with Crippen LogP contribution in [0.3, 0.4) is 0 Å². The standard InChI is InChI=1S/C26H27N3O3/c1-15-13-16(2)19(17(3)14-15)24-23-22-20(25(30)28(5)26(31)27(22)4)21(29(23)11-12-32-24)18-9-7-6-8-10-18/h6-10,13-14,24H,11-12H2,1-5H3. The van der Waals surface area contributed by atoms with Crippen LogP contribution in [0.15, 0.2) is 52.1 Å². The molecule has 0 amide bonds. The predicted octanol–water partition coefficient (Wildman–Crippen LogP) is 3.75. The molecular weight excluding hydrogens is 402 g/mol. The summed E-state index contributed by atoms with van der Waals surface area (Å²) in [6.07, 6.45) is -0.359. The monoisotopic (exact) mass is 429 g/mol. The van der Waals surface area contributed by atoms with Crippen molar-refractivity contribution >= 4 is 10.9 Å². The van der Waals surface area contributed by atoms with Crippen molar-refractivity contribution in [1.82, 2.24) is 13.7 Å². The molecule has 0 spiro atoms. The van der Waals surface area contributed by atoms with Gasteiger partial charge in [0.05, 0.1) is 28.9 Å². The zero-order chi connectivity index (χ0) is 22.7. The second-order valence-electron chi connectivity index (χ2n) is 8.74. The van der Waals surface area contributed by atoms with E-state index >= 15 is 0 Å². The van der Waals surface area contributed by atoms with E-state index < -0.39 is 0 Å². The van der Waals surface area contributed by atoms with E-state index in [1.807, 2.05) is 30.3 Å². The number of aryl methyl sites for hydroxylation is 4. The molecule has 32 heavy (non-hydrogen) atoms. The molecule has 6 heteroatoms. The van der Waals surface area contributed by atoms with E-state index in [4.69, 9.17) is 4.74 Å². The molecule has 4 aromatic rings. The van der Waals surface area contributed by atoms with E-state index in [0.717, 1.165) is 33.6 Å². The average Bonchev–Trinajstić information content (AvgIpc) is 3.12. The molecule has 1 aliphatic rings. The molecule has 0 radical (unpaired) electrons. The second-order valence-corrected chi connectivity index (χ2v) is 8.74. The van der Waals surface area contributed by atoms with E-state index in [1.165, 1.54) is 17.2 Å². The normalized spacial score (nSPS) is 15.8. The van der Waals surface area contributed by atoms with Crippen LogP contribution in [0.2, 0.25) is 0 Å². The predicted molar refractivity (Wildman–Crippen MR) is 126 cm³/mol. The number of fused-ring (bicyclic) bond motifs is 3. The van der Waals surface area contributed by atoms with Gasteiger partial charge in [0.1, 0.15) is 6.10 Å². The molecule has 0 fully saturated rings. The topological polar surface area (TPSA) is 58.2 Å². The highest BCUT2D eigenvalue weighted by atomic mass is 16.5. The van der Waals surface area contributed by atoms with Gasteiger partial charge in [0.25, 0.3) is 5.56 Å². The van der Waals surface area contributed by atoms with Gasteiger partial charge in [-0.15, -0.1) is 0 Å². The Balaban J connectivity index is 1.97. The van der Waals surface area contributed by atoms with Crippen molar-refractivity contribution in [2.75, 3.05) is 6.61 Å². The Morgan fingerprint density at radius 1 is 0.938 bits per heavy atom. The van der Waals surface area contributed by atoms with Crippen molar-refractivity contribution < 1.29 is 4.74 Å². The molecule has 0 N–H and O–H groups in total. The van der Waals surface area contributed by atoms with Gasteiger partial charge in [-0.3, -0.25) is 13.9 Å². The summed E-state index contributed by atoms with van der Waals surface area (Å²) in [5.74, 6) is 0. The molecule has 1 atom stereocenters. The summed E-state index contributed by atoms with van der Waals surface area (Å²) in [7, 11) is 3.28.